The molecule has 11 rings (SSSR count). The fraction of sp³-hybridized carbons (Fsp3) is 0.0370. The average Bonchev–Trinajstić information content (AvgIpc) is 3.83. The molecule has 10 aromatic rings. The molecule has 2 aromatic heterocycles. The predicted molar refractivity (Wildman–Crippen MR) is 246 cm³/mol. The predicted octanol–water partition coefficient (Wildman–Crippen LogP) is 15.7. The fourth-order valence-corrected chi connectivity index (χ4v) is 9.72. The molecule has 57 heavy (non-hydrogen) atoms. The Kier molecular flexibility index (Phi) is 8.19. The van der Waals surface area contributed by atoms with E-state index in [1.54, 1.807) is 0 Å². The summed E-state index contributed by atoms with van der Waals surface area (Å²) in [6, 6.07) is 69.0. The molecule has 0 amide bonds. The Morgan fingerprint density at radius 1 is 0.421 bits per heavy atom. The van der Waals surface area contributed by atoms with Crippen LogP contribution in [-0.2, 0) is 0 Å². The molecule has 0 N–H and O–H groups in total. The molecule has 1 aliphatic carbocycles. The summed E-state index contributed by atoms with van der Waals surface area (Å²) in [5, 5.41) is 5.15. The number of hydrogen-bond donors (Lipinski definition) is 0. The van der Waals surface area contributed by atoms with E-state index in [4.69, 9.17) is 0 Å². The number of para-hydroxylation sites is 1. The Hall–Kier alpha value is -6.94. The van der Waals surface area contributed by atoms with Crippen LogP contribution < -0.4 is 4.90 Å². The number of allylic oxidation sites excluding steroid dienone is 4. The maximum absolute atomic E-state index is 2.43. The number of hydrogen-bond acceptors (Lipinski definition) is 2. The summed E-state index contributed by atoms with van der Waals surface area (Å²) in [6.45, 7) is 0. The second kappa shape index (κ2) is 14.0. The molecule has 0 unspecified atom stereocenters. The van der Waals surface area contributed by atoms with Crippen molar-refractivity contribution >= 4 is 76.0 Å². The minimum Gasteiger partial charge on any atom is -0.311 e. The molecule has 0 bridgehead atoms. The molecule has 0 spiro atoms. The molecule has 2 nitrogen and oxygen atoms in total. The van der Waals surface area contributed by atoms with Gasteiger partial charge in [-0.2, -0.15) is 0 Å². The van der Waals surface area contributed by atoms with E-state index in [2.05, 4.69) is 216 Å². The summed E-state index contributed by atoms with van der Waals surface area (Å²) in [5.74, 6) is 0. The number of fused-ring (bicyclic) bond motifs is 6. The molecule has 0 aliphatic heterocycles. The van der Waals surface area contributed by atoms with Gasteiger partial charge in [0.2, 0.25) is 0 Å². The van der Waals surface area contributed by atoms with Gasteiger partial charge >= 0.3 is 0 Å². The third-order valence-electron chi connectivity index (χ3n) is 11.5. The molecule has 0 radical (unpaired) electrons. The standard InChI is InChI=1S/C54H38N2S/c1-3-11-37(12-4-1)39-19-26-43(27-20-39)55(44-28-21-40(22-29-44)38-13-5-2-6-14-38)45-30-23-41(24-31-45)42-25-33-52-49(35-42)47-15-7-9-17-51(47)56(52)46-32-34-54-50(36-46)48-16-8-10-18-53(48)57-54/h1-5,7-13,15-36H,6,14H2. The first-order valence-electron chi connectivity index (χ1n) is 19.7. The summed E-state index contributed by atoms with van der Waals surface area (Å²) in [5.41, 5.74) is 14.5. The molecular formula is C54H38N2S. The zero-order chi connectivity index (χ0) is 37.7. The topological polar surface area (TPSA) is 8.17 Å². The van der Waals surface area contributed by atoms with Crippen molar-refractivity contribution < 1.29 is 0 Å². The second-order valence-electron chi connectivity index (χ2n) is 14.9. The largest absolute Gasteiger partial charge is 0.311 e. The van der Waals surface area contributed by atoms with Crippen LogP contribution in [0.5, 0.6) is 0 Å². The van der Waals surface area contributed by atoms with Crippen LogP contribution >= 0.6 is 11.3 Å². The highest BCUT2D eigenvalue weighted by molar-refractivity contribution is 7.25. The van der Waals surface area contributed by atoms with Gasteiger partial charge in [-0.1, -0.05) is 127 Å². The van der Waals surface area contributed by atoms with Gasteiger partial charge < -0.3 is 9.47 Å². The first-order valence-corrected chi connectivity index (χ1v) is 20.5. The number of benzene rings is 8. The van der Waals surface area contributed by atoms with E-state index >= 15 is 0 Å². The van der Waals surface area contributed by atoms with Gasteiger partial charge in [-0.05, 0) is 125 Å². The van der Waals surface area contributed by atoms with Gasteiger partial charge in [0.05, 0.1) is 11.0 Å². The Balaban J connectivity index is 0.973. The third kappa shape index (κ3) is 5.96. The molecule has 3 heteroatoms. The van der Waals surface area contributed by atoms with Gasteiger partial charge in [-0.15, -0.1) is 11.3 Å². The zero-order valence-electron chi connectivity index (χ0n) is 31.3. The first kappa shape index (κ1) is 33.4. The molecule has 270 valence electrons. The van der Waals surface area contributed by atoms with Crippen molar-refractivity contribution in [3.63, 3.8) is 0 Å². The lowest BCUT2D eigenvalue weighted by atomic mass is 9.97. The van der Waals surface area contributed by atoms with Crippen molar-refractivity contribution in [1.82, 2.24) is 4.57 Å². The van der Waals surface area contributed by atoms with Crippen LogP contribution in [0.4, 0.5) is 17.1 Å². The van der Waals surface area contributed by atoms with Crippen molar-refractivity contribution in [2.45, 2.75) is 12.8 Å². The smallest absolute Gasteiger partial charge is 0.0541 e. The van der Waals surface area contributed by atoms with E-state index in [-0.39, 0.29) is 0 Å². The van der Waals surface area contributed by atoms with Gasteiger partial charge in [0.15, 0.2) is 0 Å². The Morgan fingerprint density at radius 3 is 1.72 bits per heavy atom. The van der Waals surface area contributed by atoms with Crippen molar-refractivity contribution in [3.05, 3.63) is 212 Å². The van der Waals surface area contributed by atoms with Crippen LogP contribution in [-0.4, -0.2) is 4.57 Å². The number of anilines is 3. The number of nitrogens with zero attached hydrogens (tertiary/aromatic N) is 2. The first-order chi connectivity index (χ1) is 28.2. The van der Waals surface area contributed by atoms with E-state index in [1.807, 2.05) is 11.3 Å². The van der Waals surface area contributed by atoms with Gasteiger partial charge in [-0.3, -0.25) is 0 Å². The molecule has 0 saturated heterocycles. The van der Waals surface area contributed by atoms with E-state index < -0.39 is 0 Å². The van der Waals surface area contributed by atoms with E-state index in [9.17, 15) is 0 Å². The van der Waals surface area contributed by atoms with Gasteiger partial charge in [0.25, 0.3) is 0 Å². The van der Waals surface area contributed by atoms with E-state index in [0.29, 0.717) is 0 Å². The minimum atomic E-state index is 1.08. The second-order valence-corrected chi connectivity index (χ2v) is 15.9. The van der Waals surface area contributed by atoms with Gasteiger partial charge in [-0.25, -0.2) is 0 Å². The van der Waals surface area contributed by atoms with Gasteiger partial charge in [0, 0.05) is 53.7 Å². The van der Waals surface area contributed by atoms with E-state index in [1.165, 1.54) is 81.1 Å². The number of aromatic nitrogens is 1. The van der Waals surface area contributed by atoms with Gasteiger partial charge in [0.1, 0.15) is 0 Å². The van der Waals surface area contributed by atoms with Crippen molar-refractivity contribution in [2.24, 2.45) is 0 Å². The SMILES string of the molecule is C1=CCCC(c2ccc(N(c3ccc(-c4ccccc4)cc3)c3ccc(-c4ccc5c(c4)c4ccccc4n5-c4ccc5sc6ccccc6c5c4)cc3)cc2)=C1. The number of thiophene rings is 1. The summed E-state index contributed by atoms with van der Waals surface area (Å²) in [7, 11) is 0. The molecule has 1 aliphatic rings. The summed E-state index contributed by atoms with van der Waals surface area (Å²) in [6.07, 6.45) is 8.84. The van der Waals surface area contributed by atoms with Crippen LogP contribution in [0.2, 0.25) is 0 Å². The maximum Gasteiger partial charge on any atom is 0.0541 e. The Morgan fingerprint density at radius 2 is 1.00 bits per heavy atom. The van der Waals surface area contributed by atoms with Crippen LogP contribution in [0, 0.1) is 0 Å². The minimum absolute atomic E-state index is 1.08. The van der Waals surface area contributed by atoms with Crippen LogP contribution in [0.25, 0.3) is 75.5 Å². The maximum atomic E-state index is 2.43. The van der Waals surface area contributed by atoms with E-state index in [0.717, 1.165) is 29.9 Å². The van der Waals surface area contributed by atoms with Crippen molar-refractivity contribution in [1.29, 1.82) is 0 Å². The lowest BCUT2D eigenvalue weighted by Gasteiger charge is -2.26. The molecular weight excluding hydrogens is 709 g/mol. The summed E-state index contributed by atoms with van der Waals surface area (Å²) >= 11 is 1.86. The van der Waals surface area contributed by atoms with Crippen molar-refractivity contribution in [3.8, 4) is 27.9 Å². The monoisotopic (exact) mass is 746 g/mol. The zero-order valence-corrected chi connectivity index (χ0v) is 32.2. The highest BCUT2D eigenvalue weighted by atomic mass is 32.1. The third-order valence-corrected chi connectivity index (χ3v) is 12.6. The van der Waals surface area contributed by atoms with Crippen LogP contribution in [0.3, 0.4) is 0 Å². The summed E-state index contributed by atoms with van der Waals surface area (Å²) < 4.78 is 5.08. The fourth-order valence-electron chi connectivity index (χ4n) is 8.64. The normalized spacial score (nSPS) is 12.8. The molecule has 2 heterocycles. The average molecular weight is 747 g/mol. The van der Waals surface area contributed by atoms with Crippen molar-refractivity contribution in [2.75, 3.05) is 4.90 Å². The molecule has 0 fully saturated rings. The Labute approximate surface area is 336 Å². The molecule has 8 aromatic carbocycles. The molecule has 0 saturated carbocycles. The summed E-state index contributed by atoms with van der Waals surface area (Å²) in [4.78, 5) is 2.36. The quantitative estimate of drug-likeness (QED) is 0.158. The lowest BCUT2D eigenvalue weighted by molar-refractivity contribution is 1.05. The number of rotatable bonds is 7. The van der Waals surface area contributed by atoms with Crippen LogP contribution in [0.1, 0.15) is 18.4 Å². The highest BCUT2D eigenvalue weighted by Gasteiger charge is 2.17. The Bertz CT molecular complexity index is 3140. The lowest BCUT2D eigenvalue weighted by Crippen LogP contribution is -2.10. The highest BCUT2D eigenvalue weighted by Crippen LogP contribution is 2.41. The molecule has 0 atom stereocenters. The van der Waals surface area contributed by atoms with Crippen LogP contribution in [0.15, 0.2) is 206 Å².